The van der Waals surface area contributed by atoms with Gasteiger partial charge in [-0.2, -0.15) is 5.10 Å². The second kappa shape index (κ2) is 7.96. The van der Waals surface area contributed by atoms with E-state index in [0.29, 0.717) is 12.2 Å². The van der Waals surface area contributed by atoms with Crippen molar-refractivity contribution in [2.45, 2.75) is 51.3 Å². The Bertz CT molecular complexity index is 701. The van der Waals surface area contributed by atoms with E-state index in [1.807, 2.05) is 6.92 Å². The fourth-order valence-electron chi connectivity index (χ4n) is 2.90. The van der Waals surface area contributed by atoms with Gasteiger partial charge in [-0.25, -0.2) is 14.2 Å². The Hall–Kier alpha value is -2.64. The molecule has 0 saturated heterocycles. The van der Waals surface area contributed by atoms with Gasteiger partial charge in [0.15, 0.2) is 11.6 Å². The number of urea groups is 1. The Morgan fingerprint density at radius 2 is 2.24 bits per heavy atom. The average Bonchev–Trinajstić information content (AvgIpc) is 3.23. The minimum Gasteiger partial charge on any atom is -0.487 e. The van der Waals surface area contributed by atoms with Crippen LogP contribution in [-0.2, 0) is 6.54 Å². The number of halogens is 1. The van der Waals surface area contributed by atoms with Crippen LogP contribution in [0.5, 0.6) is 5.75 Å². The van der Waals surface area contributed by atoms with Crippen molar-refractivity contribution in [3.63, 3.8) is 0 Å². The lowest BCUT2D eigenvalue weighted by Crippen LogP contribution is -2.38. The summed E-state index contributed by atoms with van der Waals surface area (Å²) in [5.74, 6) is -0.238. The summed E-state index contributed by atoms with van der Waals surface area (Å²) in [5, 5.41) is 9.37. The van der Waals surface area contributed by atoms with Gasteiger partial charge in [-0.1, -0.05) is 0 Å². The lowest BCUT2D eigenvalue weighted by Gasteiger charge is -2.16. The smallest absolute Gasteiger partial charge is 0.319 e. The molecule has 134 valence electrons. The van der Waals surface area contributed by atoms with Crippen molar-refractivity contribution < 1.29 is 13.9 Å². The molecule has 2 N–H and O–H groups in total. The molecule has 1 aromatic heterocycles. The first-order valence-corrected chi connectivity index (χ1v) is 8.46. The molecule has 7 nitrogen and oxygen atoms in total. The summed E-state index contributed by atoms with van der Waals surface area (Å²) in [7, 11) is 0. The van der Waals surface area contributed by atoms with Crippen LogP contribution in [0.2, 0.25) is 0 Å². The molecular weight excluding hydrogens is 325 g/mol. The van der Waals surface area contributed by atoms with Crippen LogP contribution in [0.4, 0.5) is 14.9 Å². The van der Waals surface area contributed by atoms with Gasteiger partial charge in [-0.05, 0) is 44.7 Å². The fourth-order valence-corrected chi connectivity index (χ4v) is 2.90. The van der Waals surface area contributed by atoms with E-state index in [4.69, 9.17) is 4.74 Å². The molecule has 0 aliphatic heterocycles. The van der Waals surface area contributed by atoms with Gasteiger partial charge in [0.05, 0.1) is 12.6 Å². The molecule has 1 heterocycles. The van der Waals surface area contributed by atoms with Crippen molar-refractivity contribution in [1.29, 1.82) is 0 Å². The second-order valence-corrected chi connectivity index (χ2v) is 6.29. The topological polar surface area (TPSA) is 81.1 Å². The van der Waals surface area contributed by atoms with Crippen LogP contribution in [0.1, 0.15) is 32.6 Å². The zero-order chi connectivity index (χ0) is 17.6. The van der Waals surface area contributed by atoms with E-state index in [2.05, 4.69) is 20.7 Å². The van der Waals surface area contributed by atoms with Crippen LogP contribution >= 0.6 is 0 Å². The zero-order valence-electron chi connectivity index (χ0n) is 14.1. The molecule has 0 bridgehead atoms. The Morgan fingerprint density at radius 3 is 2.92 bits per heavy atom. The van der Waals surface area contributed by atoms with E-state index >= 15 is 0 Å². The van der Waals surface area contributed by atoms with Crippen LogP contribution in [0, 0.1) is 5.82 Å². The van der Waals surface area contributed by atoms with Gasteiger partial charge in [0, 0.05) is 17.8 Å². The Morgan fingerprint density at radius 1 is 1.44 bits per heavy atom. The minimum absolute atomic E-state index is 0.0919. The number of benzene rings is 1. The maximum absolute atomic E-state index is 14.2. The molecule has 0 radical (unpaired) electrons. The largest absolute Gasteiger partial charge is 0.487 e. The number of ether oxygens (including phenoxy) is 1. The zero-order valence-corrected chi connectivity index (χ0v) is 14.1. The molecule has 1 saturated carbocycles. The standard InChI is InChI=1S/C17H22FN5O2/c1-12(9-23-11-19-10-20-23)21-17(24)22-13-6-7-16(15(18)8-13)25-14-4-2-3-5-14/h6-8,10-12,14H,2-5,9H2,1H3,(H2,21,22,24)/t12-/m0/s1. The van der Waals surface area contributed by atoms with Crippen LogP contribution in [0.15, 0.2) is 30.9 Å². The highest BCUT2D eigenvalue weighted by Crippen LogP contribution is 2.27. The molecule has 25 heavy (non-hydrogen) atoms. The van der Waals surface area contributed by atoms with Crippen molar-refractivity contribution in [3.05, 3.63) is 36.7 Å². The molecular formula is C17H22FN5O2. The van der Waals surface area contributed by atoms with Crippen molar-refractivity contribution in [1.82, 2.24) is 20.1 Å². The van der Waals surface area contributed by atoms with Crippen molar-refractivity contribution in [2.75, 3.05) is 5.32 Å². The third-order valence-electron chi connectivity index (χ3n) is 4.09. The van der Waals surface area contributed by atoms with E-state index in [9.17, 15) is 9.18 Å². The van der Waals surface area contributed by atoms with Crippen molar-refractivity contribution in [3.8, 4) is 5.75 Å². The maximum Gasteiger partial charge on any atom is 0.319 e. The van der Waals surface area contributed by atoms with Gasteiger partial charge in [0.2, 0.25) is 0 Å². The summed E-state index contributed by atoms with van der Waals surface area (Å²) in [6, 6.07) is 3.90. The van der Waals surface area contributed by atoms with Gasteiger partial charge in [0.1, 0.15) is 12.7 Å². The van der Waals surface area contributed by atoms with E-state index in [1.165, 1.54) is 12.4 Å². The summed E-state index contributed by atoms with van der Waals surface area (Å²) in [6.07, 6.45) is 7.28. The number of amides is 2. The third kappa shape index (κ3) is 4.91. The number of hydrogen-bond donors (Lipinski definition) is 2. The number of nitrogens with zero attached hydrogens (tertiary/aromatic N) is 3. The maximum atomic E-state index is 14.2. The highest BCUT2D eigenvalue weighted by atomic mass is 19.1. The molecule has 3 rings (SSSR count). The summed E-state index contributed by atoms with van der Waals surface area (Å²) >= 11 is 0. The molecule has 1 aliphatic carbocycles. The summed E-state index contributed by atoms with van der Waals surface area (Å²) in [6.45, 7) is 2.34. The average molecular weight is 347 g/mol. The predicted octanol–water partition coefficient (Wildman–Crippen LogP) is 2.95. The van der Waals surface area contributed by atoms with Crippen LogP contribution < -0.4 is 15.4 Å². The predicted molar refractivity (Wildman–Crippen MR) is 90.9 cm³/mol. The first-order chi connectivity index (χ1) is 12.1. The number of anilines is 1. The quantitative estimate of drug-likeness (QED) is 0.842. The van der Waals surface area contributed by atoms with Gasteiger partial charge in [0.25, 0.3) is 0 Å². The molecule has 0 spiro atoms. The SMILES string of the molecule is C[C@@H](Cn1cncn1)NC(=O)Nc1ccc(OC2CCCC2)c(F)c1. The van der Waals surface area contributed by atoms with Gasteiger partial charge < -0.3 is 15.4 Å². The molecule has 0 unspecified atom stereocenters. The van der Waals surface area contributed by atoms with Crippen LogP contribution in [-0.4, -0.2) is 32.9 Å². The van der Waals surface area contributed by atoms with E-state index in [1.54, 1.807) is 23.1 Å². The first-order valence-electron chi connectivity index (χ1n) is 8.46. The van der Waals surface area contributed by atoms with Gasteiger partial charge in [-0.15, -0.1) is 0 Å². The Labute approximate surface area is 145 Å². The first kappa shape index (κ1) is 17.2. The Balaban J connectivity index is 1.51. The van der Waals surface area contributed by atoms with Crippen LogP contribution in [0.3, 0.4) is 0 Å². The van der Waals surface area contributed by atoms with E-state index < -0.39 is 11.8 Å². The second-order valence-electron chi connectivity index (χ2n) is 6.29. The Kier molecular flexibility index (Phi) is 5.47. The normalized spacial score (nSPS) is 15.8. The lowest BCUT2D eigenvalue weighted by molar-refractivity contribution is 0.201. The molecule has 1 fully saturated rings. The minimum atomic E-state index is -0.472. The fraction of sp³-hybridized carbons (Fsp3) is 0.471. The van der Waals surface area contributed by atoms with E-state index in [0.717, 1.165) is 25.7 Å². The van der Waals surface area contributed by atoms with Crippen molar-refractivity contribution >= 4 is 11.7 Å². The highest BCUT2D eigenvalue weighted by Gasteiger charge is 2.18. The summed E-state index contributed by atoms with van der Waals surface area (Å²) in [4.78, 5) is 15.9. The molecule has 8 heteroatoms. The number of rotatable bonds is 6. The number of carbonyl (C=O) groups is 1. The lowest BCUT2D eigenvalue weighted by atomic mass is 10.2. The van der Waals surface area contributed by atoms with Crippen molar-refractivity contribution in [2.24, 2.45) is 0 Å². The highest BCUT2D eigenvalue weighted by molar-refractivity contribution is 5.89. The van der Waals surface area contributed by atoms with Gasteiger partial charge in [-0.3, -0.25) is 4.68 Å². The molecule has 2 amide bonds. The number of hydrogen-bond acceptors (Lipinski definition) is 4. The van der Waals surface area contributed by atoms with Gasteiger partial charge >= 0.3 is 6.03 Å². The summed E-state index contributed by atoms with van der Waals surface area (Å²) < 4.78 is 21.4. The summed E-state index contributed by atoms with van der Waals surface area (Å²) in [5.41, 5.74) is 0.377. The van der Waals surface area contributed by atoms with E-state index in [-0.39, 0.29) is 17.9 Å². The number of aromatic nitrogens is 3. The number of carbonyl (C=O) groups excluding carboxylic acids is 1. The number of nitrogens with one attached hydrogen (secondary N) is 2. The third-order valence-corrected chi connectivity index (χ3v) is 4.09. The van der Waals surface area contributed by atoms with Crippen LogP contribution in [0.25, 0.3) is 0 Å². The molecule has 2 aromatic rings. The molecule has 1 atom stereocenters. The molecule has 1 aromatic carbocycles. The monoisotopic (exact) mass is 347 g/mol. The molecule has 1 aliphatic rings.